The van der Waals surface area contributed by atoms with Gasteiger partial charge < -0.3 is 10.2 Å². The van der Waals surface area contributed by atoms with Crippen molar-refractivity contribution < 1.29 is 8.42 Å². The molecule has 0 aromatic carbocycles. The molecule has 0 spiro atoms. The van der Waals surface area contributed by atoms with Crippen molar-refractivity contribution in [3.63, 3.8) is 0 Å². The third-order valence-electron chi connectivity index (χ3n) is 3.51. The van der Waals surface area contributed by atoms with E-state index >= 15 is 0 Å². The van der Waals surface area contributed by atoms with Crippen LogP contribution < -0.4 is 10.2 Å². The molecule has 21 heavy (non-hydrogen) atoms. The fraction of sp³-hybridized carbons (Fsp3) is 0.667. The third-order valence-corrected chi connectivity index (χ3v) is 5.23. The Morgan fingerprint density at radius 1 is 1.24 bits per heavy atom. The van der Waals surface area contributed by atoms with Crippen molar-refractivity contribution in [3.8, 4) is 0 Å². The highest BCUT2D eigenvalue weighted by atomic mass is 32.2. The highest BCUT2D eigenvalue weighted by Gasteiger charge is 2.19. The second kappa shape index (κ2) is 6.32. The van der Waals surface area contributed by atoms with Crippen molar-refractivity contribution in [1.29, 1.82) is 0 Å². The van der Waals surface area contributed by atoms with E-state index in [1.54, 1.807) is 0 Å². The molecule has 2 heterocycles. The van der Waals surface area contributed by atoms with Crippen LogP contribution in [-0.2, 0) is 16.4 Å². The zero-order valence-corrected chi connectivity index (χ0v) is 13.9. The third kappa shape index (κ3) is 5.28. The van der Waals surface area contributed by atoms with Gasteiger partial charge in [0.2, 0.25) is 0 Å². The average Bonchev–Trinajstić information content (AvgIpc) is 2.57. The van der Waals surface area contributed by atoms with Crippen molar-refractivity contribution in [1.82, 2.24) is 10.3 Å². The van der Waals surface area contributed by atoms with Gasteiger partial charge in [-0.05, 0) is 38.8 Å². The van der Waals surface area contributed by atoms with Crippen LogP contribution in [-0.4, -0.2) is 43.5 Å². The first-order chi connectivity index (χ1) is 9.75. The van der Waals surface area contributed by atoms with Crippen molar-refractivity contribution in [3.05, 3.63) is 23.9 Å². The van der Waals surface area contributed by atoms with Gasteiger partial charge in [-0.15, -0.1) is 0 Å². The molecular weight excluding hydrogens is 286 g/mol. The second-order valence-corrected chi connectivity index (χ2v) is 8.92. The van der Waals surface area contributed by atoms with E-state index in [0.717, 1.165) is 24.5 Å². The number of hydrogen-bond donors (Lipinski definition) is 1. The summed E-state index contributed by atoms with van der Waals surface area (Å²) in [5.74, 6) is 1.38. The molecule has 5 nitrogen and oxygen atoms in total. The molecule has 1 N–H and O–H groups in total. The first-order valence-electron chi connectivity index (χ1n) is 7.41. The van der Waals surface area contributed by atoms with Crippen LogP contribution in [0.5, 0.6) is 0 Å². The van der Waals surface area contributed by atoms with E-state index in [1.165, 1.54) is 0 Å². The Morgan fingerprint density at radius 2 is 2.00 bits per heavy atom. The summed E-state index contributed by atoms with van der Waals surface area (Å²) < 4.78 is 23.3. The zero-order valence-electron chi connectivity index (χ0n) is 13.1. The summed E-state index contributed by atoms with van der Waals surface area (Å²) in [6, 6.07) is 4.04. The predicted molar refractivity (Wildman–Crippen MR) is 86.3 cm³/mol. The van der Waals surface area contributed by atoms with Gasteiger partial charge in [0.1, 0.15) is 5.82 Å². The summed E-state index contributed by atoms with van der Waals surface area (Å²) in [5.41, 5.74) is 1.22. The maximum absolute atomic E-state index is 11.6. The van der Waals surface area contributed by atoms with Gasteiger partial charge in [-0.2, -0.15) is 0 Å². The molecule has 1 aliphatic heterocycles. The lowest BCUT2D eigenvalue weighted by Crippen LogP contribution is -2.35. The first kappa shape index (κ1) is 16.2. The van der Waals surface area contributed by atoms with Crippen LogP contribution in [0, 0.1) is 0 Å². The number of nitrogens with one attached hydrogen (secondary N) is 1. The van der Waals surface area contributed by atoms with Gasteiger partial charge in [0, 0.05) is 31.4 Å². The summed E-state index contributed by atoms with van der Waals surface area (Å²) in [7, 11) is -2.87. The SMILES string of the molecule is CC(C)(C)NCc1ccc(N2CCCS(=O)(=O)CC2)nc1. The summed E-state index contributed by atoms with van der Waals surface area (Å²) >= 11 is 0. The average molecular weight is 311 g/mol. The van der Waals surface area contributed by atoms with Crippen LogP contribution in [0.4, 0.5) is 5.82 Å². The van der Waals surface area contributed by atoms with Gasteiger partial charge in [-0.1, -0.05) is 6.07 Å². The van der Waals surface area contributed by atoms with Gasteiger partial charge in [0.05, 0.1) is 11.5 Å². The predicted octanol–water partition coefficient (Wildman–Crippen LogP) is 1.59. The van der Waals surface area contributed by atoms with Crippen LogP contribution in [0.25, 0.3) is 0 Å². The Morgan fingerprint density at radius 3 is 2.62 bits per heavy atom. The zero-order chi connectivity index (χ0) is 15.5. The Balaban J connectivity index is 1.98. The molecule has 1 aliphatic rings. The fourth-order valence-corrected chi connectivity index (χ4v) is 3.51. The Hall–Kier alpha value is -1.14. The lowest BCUT2D eigenvalue weighted by atomic mass is 10.1. The number of pyridine rings is 1. The minimum atomic E-state index is -2.87. The molecule has 0 unspecified atom stereocenters. The van der Waals surface area contributed by atoms with E-state index in [0.29, 0.717) is 13.0 Å². The molecule has 6 heteroatoms. The minimum Gasteiger partial charge on any atom is -0.356 e. The molecule has 1 fully saturated rings. The van der Waals surface area contributed by atoms with E-state index < -0.39 is 9.84 Å². The van der Waals surface area contributed by atoms with Crippen LogP contribution in [0.3, 0.4) is 0 Å². The number of rotatable bonds is 3. The van der Waals surface area contributed by atoms with E-state index in [4.69, 9.17) is 0 Å². The van der Waals surface area contributed by atoms with Crippen molar-refractivity contribution in [2.45, 2.75) is 39.3 Å². The molecule has 118 valence electrons. The molecule has 0 aliphatic carbocycles. The standard InChI is InChI=1S/C15H25N3O2S/c1-15(2,3)17-12-13-5-6-14(16-11-13)18-7-4-9-21(19,20)10-8-18/h5-6,11,17H,4,7-10,12H2,1-3H3. The van der Waals surface area contributed by atoms with Gasteiger partial charge in [-0.25, -0.2) is 13.4 Å². The van der Waals surface area contributed by atoms with Gasteiger partial charge in [0.25, 0.3) is 0 Å². The number of hydrogen-bond acceptors (Lipinski definition) is 5. The quantitative estimate of drug-likeness (QED) is 0.918. The van der Waals surface area contributed by atoms with E-state index in [1.807, 2.05) is 12.3 Å². The molecule has 0 amide bonds. The summed E-state index contributed by atoms with van der Waals surface area (Å²) in [5, 5.41) is 3.43. The van der Waals surface area contributed by atoms with Crippen LogP contribution in [0.15, 0.2) is 18.3 Å². The molecular formula is C15H25N3O2S. The largest absolute Gasteiger partial charge is 0.356 e. The van der Waals surface area contributed by atoms with Crippen molar-refractivity contribution in [2.75, 3.05) is 29.5 Å². The number of anilines is 1. The number of nitrogens with zero attached hydrogens (tertiary/aromatic N) is 2. The lowest BCUT2D eigenvalue weighted by molar-refractivity contribution is 0.424. The molecule has 1 aromatic heterocycles. The smallest absolute Gasteiger partial charge is 0.152 e. The molecule has 1 aromatic rings. The monoisotopic (exact) mass is 311 g/mol. The Labute approximate surface area is 127 Å². The normalized spacial score (nSPS) is 19.3. The number of aromatic nitrogens is 1. The summed E-state index contributed by atoms with van der Waals surface area (Å²) in [6.07, 6.45) is 2.55. The van der Waals surface area contributed by atoms with E-state index in [-0.39, 0.29) is 17.0 Å². The Bertz CT molecular complexity index is 562. The maximum atomic E-state index is 11.6. The topological polar surface area (TPSA) is 62.3 Å². The molecule has 0 saturated carbocycles. The minimum absolute atomic E-state index is 0.0812. The van der Waals surface area contributed by atoms with Crippen LogP contribution in [0.1, 0.15) is 32.8 Å². The van der Waals surface area contributed by atoms with Crippen molar-refractivity contribution >= 4 is 15.7 Å². The molecule has 2 rings (SSSR count). The maximum Gasteiger partial charge on any atom is 0.152 e. The van der Waals surface area contributed by atoms with Gasteiger partial charge in [0.15, 0.2) is 9.84 Å². The van der Waals surface area contributed by atoms with Gasteiger partial charge >= 0.3 is 0 Å². The molecule has 0 radical (unpaired) electrons. The molecule has 1 saturated heterocycles. The van der Waals surface area contributed by atoms with E-state index in [2.05, 4.69) is 42.0 Å². The van der Waals surface area contributed by atoms with E-state index in [9.17, 15) is 8.42 Å². The highest BCUT2D eigenvalue weighted by molar-refractivity contribution is 7.91. The van der Waals surface area contributed by atoms with Crippen molar-refractivity contribution in [2.24, 2.45) is 0 Å². The van der Waals surface area contributed by atoms with Crippen LogP contribution in [0.2, 0.25) is 0 Å². The molecule has 0 bridgehead atoms. The second-order valence-electron chi connectivity index (χ2n) is 6.62. The summed E-state index contributed by atoms with van der Waals surface area (Å²) in [4.78, 5) is 6.54. The molecule has 0 atom stereocenters. The lowest BCUT2D eigenvalue weighted by Gasteiger charge is -2.22. The number of sulfone groups is 1. The van der Waals surface area contributed by atoms with Gasteiger partial charge in [-0.3, -0.25) is 0 Å². The highest BCUT2D eigenvalue weighted by Crippen LogP contribution is 2.15. The summed E-state index contributed by atoms with van der Waals surface area (Å²) in [6.45, 7) is 8.47. The fourth-order valence-electron chi connectivity index (χ4n) is 2.24. The van der Waals surface area contributed by atoms with Crippen LogP contribution >= 0.6 is 0 Å². The first-order valence-corrected chi connectivity index (χ1v) is 9.23. The Kier molecular flexibility index (Phi) is 4.88.